The third-order valence-corrected chi connectivity index (χ3v) is 4.17. The zero-order valence-corrected chi connectivity index (χ0v) is 13.9. The molecule has 1 saturated heterocycles. The number of carbonyl (C=O) groups is 2. The molecule has 1 aliphatic heterocycles. The molecule has 120 valence electrons. The van der Waals surface area contributed by atoms with Gasteiger partial charge < -0.3 is 21.3 Å². The van der Waals surface area contributed by atoms with E-state index in [0.29, 0.717) is 12.5 Å². The molecule has 2 amide bonds. The lowest BCUT2D eigenvalue weighted by atomic mass is 10.1. The Balaban J connectivity index is 1.72. The fourth-order valence-electron chi connectivity index (χ4n) is 2.48. The molecular formula is C15H21BrN4O2. The quantitative estimate of drug-likeness (QED) is 0.680. The van der Waals surface area contributed by atoms with Crippen molar-refractivity contribution in [2.45, 2.75) is 6.42 Å². The van der Waals surface area contributed by atoms with Crippen molar-refractivity contribution >= 4 is 33.4 Å². The fraction of sp³-hybridized carbons (Fsp3) is 0.467. The van der Waals surface area contributed by atoms with E-state index in [1.54, 1.807) is 0 Å². The largest absolute Gasteiger partial charge is 0.371 e. The highest BCUT2D eigenvalue weighted by Gasteiger charge is 2.23. The van der Waals surface area contributed by atoms with E-state index in [0.717, 1.165) is 24.0 Å². The summed E-state index contributed by atoms with van der Waals surface area (Å²) in [6.45, 7) is 2.42. The van der Waals surface area contributed by atoms with E-state index in [9.17, 15) is 9.59 Å². The number of halogens is 1. The Bertz CT molecular complexity index is 538. The normalized spacial score (nSPS) is 17.4. The number of amides is 2. The van der Waals surface area contributed by atoms with Gasteiger partial charge in [-0.15, -0.1) is 0 Å². The summed E-state index contributed by atoms with van der Waals surface area (Å²) in [5.74, 6) is -0.0762. The molecule has 1 fully saturated rings. The van der Waals surface area contributed by atoms with E-state index < -0.39 is 0 Å². The summed E-state index contributed by atoms with van der Waals surface area (Å²) < 4.78 is 1.07. The molecule has 0 aromatic heterocycles. The second kappa shape index (κ2) is 8.14. The van der Waals surface area contributed by atoms with Crippen LogP contribution in [0.15, 0.2) is 28.7 Å². The summed E-state index contributed by atoms with van der Waals surface area (Å²) in [7, 11) is 0. The minimum Gasteiger partial charge on any atom is -0.371 e. The lowest BCUT2D eigenvalue weighted by Gasteiger charge is -2.19. The van der Waals surface area contributed by atoms with Crippen LogP contribution in [0.5, 0.6) is 0 Å². The molecule has 0 bridgehead atoms. The Hall–Kier alpha value is -1.60. The molecule has 2 rings (SSSR count). The van der Waals surface area contributed by atoms with Crippen LogP contribution in [0, 0.1) is 5.92 Å². The number of nitrogens with one attached hydrogen (secondary N) is 2. The number of anilines is 1. The van der Waals surface area contributed by atoms with Gasteiger partial charge in [0.1, 0.15) is 0 Å². The number of nitrogens with two attached hydrogens (primary N) is 1. The fourth-order valence-corrected chi connectivity index (χ4v) is 2.87. The van der Waals surface area contributed by atoms with Crippen molar-refractivity contribution in [1.29, 1.82) is 0 Å². The lowest BCUT2D eigenvalue weighted by Crippen LogP contribution is -2.41. The maximum Gasteiger partial charge on any atom is 0.239 e. The number of nitrogens with zero attached hydrogens (tertiary/aromatic N) is 1. The third kappa shape index (κ3) is 4.99. The van der Waals surface area contributed by atoms with Gasteiger partial charge >= 0.3 is 0 Å². The second-order valence-electron chi connectivity index (χ2n) is 5.37. The van der Waals surface area contributed by atoms with Crippen molar-refractivity contribution in [3.8, 4) is 0 Å². The van der Waals surface area contributed by atoms with Gasteiger partial charge in [-0.2, -0.15) is 0 Å². The molecule has 0 aliphatic carbocycles. The lowest BCUT2D eigenvalue weighted by molar-refractivity contribution is -0.125. The van der Waals surface area contributed by atoms with Crippen molar-refractivity contribution in [1.82, 2.24) is 10.6 Å². The van der Waals surface area contributed by atoms with Crippen LogP contribution in [0.4, 0.5) is 5.69 Å². The van der Waals surface area contributed by atoms with Crippen molar-refractivity contribution in [2.24, 2.45) is 11.7 Å². The van der Waals surface area contributed by atoms with Crippen LogP contribution in [0.3, 0.4) is 0 Å². The van der Waals surface area contributed by atoms with Crippen LogP contribution in [0.2, 0.25) is 0 Å². The van der Waals surface area contributed by atoms with Crippen molar-refractivity contribution in [2.75, 3.05) is 37.6 Å². The molecule has 1 heterocycles. The standard InChI is InChI=1S/C15H21BrN4O2/c16-12-2-1-3-13(6-12)20-5-4-11(10-20)8-18-15(22)9-19-14(21)7-17/h1-3,6,11H,4-5,7-10,17H2,(H,18,22)(H,19,21). The van der Waals surface area contributed by atoms with Crippen LogP contribution < -0.4 is 21.3 Å². The van der Waals surface area contributed by atoms with Gasteiger partial charge in [0, 0.05) is 29.8 Å². The SMILES string of the molecule is NCC(=O)NCC(=O)NCC1CCN(c2cccc(Br)c2)C1. The number of hydrogen-bond acceptors (Lipinski definition) is 4. The molecular weight excluding hydrogens is 348 g/mol. The molecule has 1 atom stereocenters. The molecule has 1 aromatic carbocycles. The highest BCUT2D eigenvalue weighted by Crippen LogP contribution is 2.25. The maximum atomic E-state index is 11.6. The summed E-state index contributed by atoms with van der Waals surface area (Å²) in [5, 5.41) is 5.31. The zero-order valence-electron chi connectivity index (χ0n) is 12.3. The third-order valence-electron chi connectivity index (χ3n) is 3.68. The average molecular weight is 369 g/mol. The minimum absolute atomic E-state index is 0.0158. The van der Waals surface area contributed by atoms with E-state index in [1.165, 1.54) is 5.69 Å². The van der Waals surface area contributed by atoms with Crippen molar-refractivity contribution in [3.63, 3.8) is 0 Å². The van der Waals surface area contributed by atoms with Crippen LogP contribution in [-0.4, -0.2) is 44.5 Å². The van der Waals surface area contributed by atoms with Crippen LogP contribution in [0.1, 0.15) is 6.42 Å². The Morgan fingerprint density at radius 1 is 1.32 bits per heavy atom. The highest BCUT2D eigenvalue weighted by molar-refractivity contribution is 9.10. The monoisotopic (exact) mass is 368 g/mol. The Morgan fingerprint density at radius 3 is 2.86 bits per heavy atom. The summed E-state index contributed by atoms with van der Waals surface area (Å²) in [6, 6.07) is 8.22. The first-order chi connectivity index (χ1) is 10.6. The van der Waals surface area contributed by atoms with Crippen molar-refractivity contribution in [3.05, 3.63) is 28.7 Å². The number of hydrogen-bond donors (Lipinski definition) is 3. The summed E-state index contributed by atoms with van der Waals surface area (Å²) in [5.41, 5.74) is 6.35. The number of benzene rings is 1. The Morgan fingerprint density at radius 2 is 2.14 bits per heavy atom. The molecule has 0 radical (unpaired) electrons. The van der Waals surface area contributed by atoms with E-state index >= 15 is 0 Å². The van der Waals surface area contributed by atoms with E-state index in [1.807, 2.05) is 12.1 Å². The highest BCUT2D eigenvalue weighted by atomic mass is 79.9. The summed E-state index contributed by atoms with van der Waals surface area (Å²) >= 11 is 3.48. The predicted octanol–water partition coefficient (Wildman–Crippen LogP) is 0.467. The molecule has 7 heteroatoms. The first-order valence-electron chi connectivity index (χ1n) is 7.32. The smallest absolute Gasteiger partial charge is 0.239 e. The molecule has 6 nitrogen and oxygen atoms in total. The molecule has 0 saturated carbocycles. The molecule has 22 heavy (non-hydrogen) atoms. The van der Waals surface area contributed by atoms with Gasteiger partial charge in [-0.1, -0.05) is 22.0 Å². The average Bonchev–Trinajstić information content (AvgIpc) is 2.99. The molecule has 1 unspecified atom stereocenters. The van der Waals surface area contributed by atoms with E-state index in [2.05, 4.69) is 43.6 Å². The van der Waals surface area contributed by atoms with Gasteiger partial charge in [0.2, 0.25) is 11.8 Å². The Labute approximate surface area is 138 Å². The number of carbonyl (C=O) groups excluding carboxylic acids is 2. The molecule has 4 N–H and O–H groups in total. The molecule has 1 aliphatic rings. The minimum atomic E-state index is -0.322. The van der Waals surface area contributed by atoms with Gasteiger partial charge in [0.15, 0.2) is 0 Å². The number of rotatable bonds is 6. The molecule has 1 aromatic rings. The topological polar surface area (TPSA) is 87.5 Å². The first-order valence-corrected chi connectivity index (χ1v) is 8.11. The maximum absolute atomic E-state index is 11.6. The van der Waals surface area contributed by atoms with Crippen LogP contribution in [0.25, 0.3) is 0 Å². The molecule has 0 spiro atoms. The first kappa shape index (κ1) is 16.8. The zero-order chi connectivity index (χ0) is 15.9. The summed E-state index contributed by atoms with van der Waals surface area (Å²) in [6.07, 6.45) is 1.04. The Kier molecular flexibility index (Phi) is 6.21. The van der Waals surface area contributed by atoms with E-state index in [-0.39, 0.29) is 24.9 Å². The predicted molar refractivity (Wildman–Crippen MR) is 89.5 cm³/mol. The van der Waals surface area contributed by atoms with E-state index in [4.69, 9.17) is 5.73 Å². The van der Waals surface area contributed by atoms with Gasteiger partial charge in [0.25, 0.3) is 0 Å². The van der Waals surface area contributed by atoms with Gasteiger partial charge in [0.05, 0.1) is 13.1 Å². The van der Waals surface area contributed by atoms with Crippen molar-refractivity contribution < 1.29 is 9.59 Å². The summed E-state index contributed by atoms with van der Waals surface area (Å²) in [4.78, 5) is 24.9. The van der Waals surface area contributed by atoms with Gasteiger partial charge in [-0.25, -0.2) is 0 Å². The van der Waals surface area contributed by atoms with Crippen LogP contribution in [-0.2, 0) is 9.59 Å². The van der Waals surface area contributed by atoms with Gasteiger partial charge in [-0.3, -0.25) is 9.59 Å². The van der Waals surface area contributed by atoms with Gasteiger partial charge in [-0.05, 0) is 30.5 Å². The van der Waals surface area contributed by atoms with Crippen LogP contribution >= 0.6 is 15.9 Å². The second-order valence-corrected chi connectivity index (χ2v) is 6.28.